The van der Waals surface area contributed by atoms with Gasteiger partial charge >= 0.3 is 0 Å². The highest BCUT2D eigenvalue weighted by atomic mass is 35.5. The van der Waals surface area contributed by atoms with Crippen LogP contribution < -0.4 is 11.1 Å². The standard InChI is InChI=1S/C9H10Cl2N2/c10-6-1-2-7(8(11)3-6)9(12)4-13-5-9/h1-3,13H,4-5,12H2. The van der Waals surface area contributed by atoms with Crippen molar-refractivity contribution in [2.45, 2.75) is 5.54 Å². The number of nitrogens with two attached hydrogens (primary N) is 1. The van der Waals surface area contributed by atoms with E-state index in [4.69, 9.17) is 28.9 Å². The van der Waals surface area contributed by atoms with Gasteiger partial charge in [-0.3, -0.25) is 0 Å². The Morgan fingerprint density at radius 2 is 2.00 bits per heavy atom. The molecule has 0 aliphatic carbocycles. The molecule has 0 bridgehead atoms. The van der Waals surface area contributed by atoms with E-state index in [9.17, 15) is 0 Å². The molecule has 4 heteroatoms. The fourth-order valence-corrected chi connectivity index (χ4v) is 2.07. The zero-order valence-corrected chi connectivity index (χ0v) is 8.49. The number of hydrogen-bond donors (Lipinski definition) is 2. The predicted molar refractivity (Wildman–Crippen MR) is 55.2 cm³/mol. The van der Waals surface area contributed by atoms with Crippen LogP contribution in [-0.4, -0.2) is 13.1 Å². The first kappa shape index (κ1) is 9.28. The van der Waals surface area contributed by atoms with E-state index in [1.54, 1.807) is 6.07 Å². The summed E-state index contributed by atoms with van der Waals surface area (Å²) in [5.74, 6) is 0. The maximum absolute atomic E-state index is 6.09. The molecule has 2 nitrogen and oxygen atoms in total. The molecule has 2 rings (SSSR count). The van der Waals surface area contributed by atoms with Crippen LogP contribution in [0.25, 0.3) is 0 Å². The second-order valence-corrected chi connectivity index (χ2v) is 4.23. The lowest BCUT2D eigenvalue weighted by atomic mass is 9.85. The van der Waals surface area contributed by atoms with Crippen molar-refractivity contribution in [1.82, 2.24) is 5.32 Å². The summed E-state index contributed by atoms with van der Waals surface area (Å²) in [6.45, 7) is 1.54. The summed E-state index contributed by atoms with van der Waals surface area (Å²) in [5, 5.41) is 4.42. The third-order valence-corrected chi connectivity index (χ3v) is 2.90. The van der Waals surface area contributed by atoms with Gasteiger partial charge in [-0.2, -0.15) is 0 Å². The largest absolute Gasteiger partial charge is 0.319 e. The number of benzene rings is 1. The number of rotatable bonds is 1. The average molecular weight is 217 g/mol. The Bertz CT molecular complexity index is 334. The van der Waals surface area contributed by atoms with Crippen LogP contribution in [0.2, 0.25) is 10.0 Å². The minimum atomic E-state index is -0.304. The topological polar surface area (TPSA) is 38.0 Å². The highest BCUT2D eigenvalue weighted by Gasteiger charge is 2.35. The van der Waals surface area contributed by atoms with Gasteiger partial charge in [0.25, 0.3) is 0 Å². The van der Waals surface area contributed by atoms with Crippen molar-refractivity contribution in [2.24, 2.45) is 5.73 Å². The van der Waals surface area contributed by atoms with Gasteiger partial charge in [-0.05, 0) is 17.7 Å². The van der Waals surface area contributed by atoms with E-state index in [-0.39, 0.29) is 5.54 Å². The zero-order valence-electron chi connectivity index (χ0n) is 6.98. The predicted octanol–water partition coefficient (Wildman–Crippen LogP) is 1.75. The van der Waals surface area contributed by atoms with Crippen LogP contribution in [0.3, 0.4) is 0 Å². The van der Waals surface area contributed by atoms with Crippen molar-refractivity contribution < 1.29 is 0 Å². The zero-order chi connectivity index (χ0) is 9.47. The van der Waals surface area contributed by atoms with Gasteiger partial charge in [0.2, 0.25) is 0 Å². The van der Waals surface area contributed by atoms with E-state index in [0.717, 1.165) is 18.7 Å². The van der Waals surface area contributed by atoms with Crippen LogP contribution in [0.15, 0.2) is 18.2 Å². The number of halogens is 2. The van der Waals surface area contributed by atoms with Crippen molar-refractivity contribution in [1.29, 1.82) is 0 Å². The summed E-state index contributed by atoms with van der Waals surface area (Å²) in [4.78, 5) is 0. The summed E-state index contributed by atoms with van der Waals surface area (Å²) >= 11 is 11.8. The third-order valence-electron chi connectivity index (χ3n) is 2.35. The molecule has 0 saturated carbocycles. The highest BCUT2D eigenvalue weighted by molar-refractivity contribution is 6.35. The monoisotopic (exact) mass is 216 g/mol. The quantitative estimate of drug-likeness (QED) is 0.752. The maximum Gasteiger partial charge on any atom is 0.0676 e. The maximum atomic E-state index is 6.09. The minimum Gasteiger partial charge on any atom is -0.319 e. The molecule has 3 N–H and O–H groups in total. The van der Waals surface area contributed by atoms with Crippen molar-refractivity contribution in [2.75, 3.05) is 13.1 Å². The number of nitrogens with one attached hydrogen (secondary N) is 1. The van der Waals surface area contributed by atoms with Crippen LogP contribution >= 0.6 is 23.2 Å². The lowest BCUT2D eigenvalue weighted by Crippen LogP contribution is -2.62. The molecule has 0 atom stereocenters. The summed E-state index contributed by atoms with van der Waals surface area (Å²) < 4.78 is 0. The van der Waals surface area contributed by atoms with Crippen LogP contribution in [0.4, 0.5) is 0 Å². The van der Waals surface area contributed by atoms with Crippen molar-refractivity contribution in [3.05, 3.63) is 33.8 Å². The van der Waals surface area contributed by atoms with Crippen molar-refractivity contribution in [3.63, 3.8) is 0 Å². The highest BCUT2D eigenvalue weighted by Crippen LogP contribution is 2.30. The second-order valence-electron chi connectivity index (χ2n) is 3.38. The average Bonchev–Trinajstić information content (AvgIpc) is 2.00. The van der Waals surface area contributed by atoms with E-state index < -0.39 is 0 Å². The molecule has 0 amide bonds. The third kappa shape index (κ3) is 1.55. The minimum absolute atomic E-state index is 0.304. The lowest BCUT2D eigenvalue weighted by Gasteiger charge is -2.40. The summed E-state index contributed by atoms with van der Waals surface area (Å²) in [7, 11) is 0. The smallest absolute Gasteiger partial charge is 0.0676 e. The fourth-order valence-electron chi connectivity index (χ4n) is 1.48. The molecule has 0 radical (unpaired) electrons. The first-order chi connectivity index (χ1) is 6.12. The van der Waals surface area contributed by atoms with Gasteiger partial charge in [-0.15, -0.1) is 0 Å². The summed E-state index contributed by atoms with van der Waals surface area (Å²) in [5.41, 5.74) is 6.75. The van der Waals surface area contributed by atoms with Gasteiger partial charge < -0.3 is 11.1 Å². The van der Waals surface area contributed by atoms with Crippen LogP contribution in [-0.2, 0) is 5.54 Å². The van der Waals surface area contributed by atoms with E-state index in [1.165, 1.54) is 0 Å². The van der Waals surface area contributed by atoms with E-state index in [0.29, 0.717) is 10.0 Å². The molecule has 0 aromatic heterocycles. The first-order valence-corrected chi connectivity index (χ1v) is 4.82. The van der Waals surface area contributed by atoms with E-state index >= 15 is 0 Å². The summed E-state index contributed by atoms with van der Waals surface area (Å²) in [6.07, 6.45) is 0. The molecule has 1 aliphatic rings. The van der Waals surface area contributed by atoms with Crippen LogP contribution in [0.5, 0.6) is 0 Å². The molecule has 1 heterocycles. The van der Waals surface area contributed by atoms with E-state index in [2.05, 4.69) is 5.32 Å². The molecule has 0 spiro atoms. The van der Waals surface area contributed by atoms with Gasteiger partial charge in [0.05, 0.1) is 5.54 Å². The molecule has 1 aliphatic heterocycles. The lowest BCUT2D eigenvalue weighted by molar-refractivity contribution is 0.287. The first-order valence-electron chi connectivity index (χ1n) is 4.07. The van der Waals surface area contributed by atoms with Gasteiger partial charge in [0.15, 0.2) is 0 Å². The SMILES string of the molecule is NC1(c2ccc(Cl)cc2Cl)CNC1. The Kier molecular flexibility index (Phi) is 2.24. The fraction of sp³-hybridized carbons (Fsp3) is 0.333. The molecule has 70 valence electrons. The number of hydrogen-bond acceptors (Lipinski definition) is 2. The molecule has 13 heavy (non-hydrogen) atoms. The Balaban J connectivity index is 2.40. The molecule has 1 saturated heterocycles. The van der Waals surface area contributed by atoms with Gasteiger partial charge in [-0.25, -0.2) is 0 Å². The van der Waals surface area contributed by atoms with E-state index in [1.807, 2.05) is 12.1 Å². The van der Waals surface area contributed by atoms with Crippen LogP contribution in [0.1, 0.15) is 5.56 Å². The Labute approximate surface area is 87.0 Å². The van der Waals surface area contributed by atoms with Crippen molar-refractivity contribution in [3.8, 4) is 0 Å². The van der Waals surface area contributed by atoms with Crippen molar-refractivity contribution >= 4 is 23.2 Å². The van der Waals surface area contributed by atoms with Gasteiger partial charge in [0.1, 0.15) is 0 Å². The summed E-state index contributed by atoms with van der Waals surface area (Å²) in [6, 6.07) is 5.44. The van der Waals surface area contributed by atoms with Crippen LogP contribution in [0, 0.1) is 0 Å². The normalized spacial score (nSPS) is 19.6. The molecule has 1 aromatic rings. The molecule has 0 unspecified atom stereocenters. The van der Waals surface area contributed by atoms with Gasteiger partial charge in [0, 0.05) is 23.1 Å². The molecule has 1 aromatic carbocycles. The molecule has 1 fully saturated rings. The Morgan fingerprint density at radius 1 is 1.31 bits per heavy atom. The molecular weight excluding hydrogens is 207 g/mol. The Hall–Kier alpha value is -0.280. The van der Waals surface area contributed by atoms with Gasteiger partial charge in [-0.1, -0.05) is 29.3 Å². The second kappa shape index (κ2) is 3.14. The molecular formula is C9H10Cl2N2. The Morgan fingerprint density at radius 3 is 2.46 bits per heavy atom.